The lowest BCUT2D eigenvalue weighted by atomic mass is 9.77. The summed E-state index contributed by atoms with van der Waals surface area (Å²) in [5.41, 5.74) is 4.14. The second kappa shape index (κ2) is 15.4. The number of nitrogens with zero attached hydrogens (tertiary/aromatic N) is 7. The number of amides is 6. The van der Waals surface area contributed by atoms with Crippen LogP contribution in [-0.4, -0.2) is 121 Å². The summed E-state index contributed by atoms with van der Waals surface area (Å²) in [5, 5.41) is 2.58. The van der Waals surface area contributed by atoms with Gasteiger partial charge in [0.05, 0.1) is 17.7 Å². The van der Waals surface area contributed by atoms with E-state index < -0.39 is 29.7 Å². The van der Waals surface area contributed by atoms with Crippen molar-refractivity contribution in [3.63, 3.8) is 0 Å². The predicted octanol–water partition coefficient (Wildman–Crippen LogP) is 4.74. The number of benzene rings is 3. The van der Waals surface area contributed by atoms with Gasteiger partial charge >= 0.3 is 0 Å². The molecule has 9 rings (SSSR count). The Morgan fingerprint density at radius 1 is 0.746 bits per heavy atom. The summed E-state index contributed by atoms with van der Waals surface area (Å²) < 4.78 is 0. The molecule has 1 atom stereocenters. The molecule has 59 heavy (non-hydrogen) atoms. The number of piperidine rings is 3. The van der Waals surface area contributed by atoms with Crippen LogP contribution in [0.2, 0.25) is 5.02 Å². The third-order valence-electron chi connectivity index (χ3n) is 13.4. The maximum Gasteiger partial charge on any atom is 0.262 e. The lowest BCUT2D eigenvalue weighted by molar-refractivity contribution is -0.136. The summed E-state index contributed by atoms with van der Waals surface area (Å²) >= 11 is 6.27. The van der Waals surface area contributed by atoms with Gasteiger partial charge in [0.15, 0.2) is 0 Å². The molecule has 1 N–H and O–H groups in total. The molecule has 3 aromatic carbocycles. The Balaban J connectivity index is 0.737. The van der Waals surface area contributed by atoms with Crippen LogP contribution in [0.25, 0.3) is 4.85 Å². The fraction of sp³-hybridized carbons (Fsp3) is 0.432. The molecule has 1 unspecified atom stereocenters. The van der Waals surface area contributed by atoms with Crippen molar-refractivity contribution in [3.05, 3.63) is 93.8 Å². The Kier molecular flexibility index (Phi) is 10.1. The molecule has 0 aromatic heterocycles. The van der Waals surface area contributed by atoms with Gasteiger partial charge in [-0.2, -0.15) is 0 Å². The van der Waals surface area contributed by atoms with Crippen molar-refractivity contribution in [1.29, 1.82) is 0 Å². The van der Waals surface area contributed by atoms with Crippen LogP contribution < -0.4 is 20.0 Å². The minimum Gasteiger partial charge on any atom is -0.371 e. The number of hydrogen-bond donors (Lipinski definition) is 1. The minimum atomic E-state index is -0.979. The standard InChI is InChI=1S/C44H45ClN8O6/c1-46-36-9-7-32(25-35(36)45)52-27-44(26-39(52)55)14-18-51(19-15-44)41(57)28-2-4-29(5-3-28)49-20-22-50(23-21-49)30-12-16-48(17-13-30)31-6-8-33-34(24-31)43(59)53(42(33)58)37-10-11-38(54)47-40(37)56/h2-9,24-25,30,37H,10-23,26-27H2,(H,47,54,56). The molecule has 5 fully saturated rings. The van der Waals surface area contributed by atoms with Crippen LogP contribution >= 0.6 is 11.6 Å². The molecule has 6 heterocycles. The average Bonchev–Trinajstić information content (AvgIpc) is 3.71. The van der Waals surface area contributed by atoms with Gasteiger partial charge in [0, 0.05) is 111 Å². The van der Waals surface area contributed by atoms with Crippen LogP contribution in [0.1, 0.15) is 76.0 Å². The molecular formula is C44H45ClN8O6. The highest BCUT2D eigenvalue weighted by Crippen LogP contribution is 2.44. The molecular weight excluding hydrogens is 772 g/mol. The van der Waals surface area contributed by atoms with Crippen molar-refractivity contribution in [3.8, 4) is 0 Å². The number of carbonyl (C=O) groups is 6. The van der Waals surface area contributed by atoms with E-state index in [2.05, 4.69) is 24.9 Å². The van der Waals surface area contributed by atoms with Crippen molar-refractivity contribution in [2.24, 2.45) is 5.41 Å². The number of carbonyl (C=O) groups excluding carboxylic acids is 6. The largest absolute Gasteiger partial charge is 0.371 e. The predicted molar refractivity (Wildman–Crippen MR) is 221 cm³/mol. The third kappa shape index (κ3) is 7.20. The summed E-state index contributed by atoms with van der Waals surface area (Å²) in [6, 6.07) is 17.9. The highest BCUT2D eigenvalue weighted by atomic mass is 35.5. The topological polar surface area (TPSA) is 138 Å². The van der Waals surface area contributed by atoms with E-state index in [0.29, 0.717) is 65.2 Å². The first-order valence-electron chi connectivity index (χ1n) is 20.5. The number of likely N-dealkylation sites (tertiary alicyclic amines) is 1. The fourth-order valence-electron chi connectivity index (χ4n) is 9.89. The summed E-state index contributed by atoms with van der Waals surface area (Å²) in [6.45, 7) is 14.3. The Morgan fingerprint density at radius 3 is 2.08 bits per heavy atom. The van der Waals surface area contributed by atoms with E-state index in [4.69, 9.17) is 18.2 Å². The molecule has 5 saturated heterocycles. The molecule has 15 heteroatoms. The van der Waals surface area contributed by atoms with Crippen LogP contribution in [0.4, 0.5) is 22.7 Å². The number of hydrogen-bond acceptors (Lipinski definition) is 9. The molecule has 304 valence electrons. The van der Waals surface area contributed by atoms with Gasteiger partial charge in [-0.15, -0.1) is 0 Å². The van der Waals surface area contributed by atoms with Crippen LogP contribution in [0.15, 0.2) is 60.7 Å². The number of halogens is 1. The van der Waals surface area contributed by atoms with E-state index in [1.54, 1.807) is 35.2 Å². The first kappa shape index (κ1) is 38.7. The van der Waals surface area contributed by atoms with Gasteiger partial charge in [0.2, 0.25) is 23.4 Å². The highest BCUT2D eigenvalue weighted by Gasteiger charge is 2.47. The lowest BCUT2D eigenvalue weighted by Crippen LogP contribution is -2.54. The normalized spacial score (nSPS) is 22.6. The summed E-state index contributed by atoms with van der Waals surface area (Å²) in [7, 11) is 0. The number of anilines is 3. The van der Waals surface area contributed by atoms with E-state index in [1.807, 2.05) is 35.2 Å². The molecule has 3 aromatic rings. The number of nitrogens with one attached hydrogen (secondary N) is 1. The maximum absolute atomic E-state index is 13.6. The molecule has 6 aliphatic heterocycles. The SMILES string of the molecule is [C-]#[N+]c1ccc(N2CC3(CCN(C(=O)c4ccc(N5CCN(C6CCN(c7ccc8c(c7)C(=O)N(C7CCC(=O)NC7=O)C8=O)CC6)CC5)cc4)CC3)CC2=O)cc1Cl. The summed E-state index contributed by atoms with van der Waals surface area (Å²) in [6.07, 6.45) is 4.11. The molecule has 1 spiro atoms. The quantitative estimate of drug-likeness (QED) is 0.276. The van der Waals surface area contributed by atoms with Crippen LogP contribution in [0.3, 0.4) is 0 Å². The van der Waals surface area contributed by atoms with Gasteiger partial charge in [-0.3, -0.25) is 43.9 Å². The maximum atomic E-state index is 13.6. The molecule has 0 bridgehead atoms. The second-order valence-corrected chi connectivity index (χ2v) is 17.1. The van der Waals surface area contributed by atoms with E-state index in [9.17, 15) is 28.8 Å². The Labute approximate surface area is 347 Å². The zero-order valence-electron chi connectivity index (χ0n) is 32.7. The van der Waals surface area contributed by atoms with Gasteiger partial charge in [-0.05, 0) is 86.7 Å². The average molecular weight is 817 g/mol. The zero-order valence-corrected chi connectivity index (χ0v) is 33.5. The van der Waals surface area contributed by atoms with E-state index in [0.717, 1.165) is 81.2 Å². The number of imide groups is 2. The number of piperazine rings is 1. The van der Waals surface area contributed by atoms with Crippen molar-refractivity contribution in [2.45, 2.75) is 57.0 Å². The number of rotatable bonds is 6. The van der Waals surface area contributed by atoms with Gasteiger partial charge in [-0.1, -0.05) is 17.7 Å². The molecule has 0 aliphatic carbocycles. The van der Waals surface area contributed by atoms with Gasteiger partial charge in [0.25, 0.3) is 17.7 Å². The van der Waals surface area contributed by atoms with E-state index >= 15 is 0 Å². The zero-order chi connectivity index (χ0) is 41.0. The Morgan fingerprint density at radius 2 is 1.41 bits per heavy atom. The number of fused-ring (bicyclic) bond motifs is 1. The Bertz CT molecular complexity index is 2290. The van der Waals surface area contributed by atoms with Crippen molar-refractivity contribution in [1.82, 2.24) is 20.0 Å². The van der Waals surface area contributed by atoms with Crippen LogP contribution in [0, 0.1) is 12.0 Å². The van der Waals surface area contributed by atoms with Crippen LogP contribution in [0.5, 0.6) is 0 Å². The minimum absolute atomic E-state index is 0.0134. The van der Waals surface area contributed by atoms with Crippen molar-refractivity contribution in [2.75, 3.05) is 73.6 Å². The van der Waals surface area contributed by atoms with Gasteiger partial charge < -0.3 is 19.6 Å². The first-order valence-corrected chi connectivity index (χ1v) is 20.8. The van der Waals surface area contributed by atoms with Crippen LogP contribution in [-0.2, 0) is 14.4 Å². The molecule has 0 saturated carbocycles. The molecule has 14 nitrogen and oxygen atoms in total. The highest BCUT2D eigenvalue weighted by molar-refractivity contribution is 6.33. The second-order valence-electron chi connectivity index (χ2n) is 16.7. The first-order chi connectivity index (χ1) is 28.5. The monoisotopic (exact) mass is 816 g/mol. The summed E-state index contributed by atoms with van der Waals surface area (Å²) in [5.74, 6) is -1.93. The lowest BCUT2D eigenvalue weighted by Gasteiger charge is -2.44. The van der Waals surface area contributed by atoms with E-state index in [-0.39, 0.29) is 30.1 Å². The molecule has 6 aliphatic rings. The van der Waals surface area contributed by atoms with Gasteiger partial charge in [-0.25, -0.2) is 4.85 Å². The van der Waals surface area contributed by atoms with Crippen molar-refractivity contribution >= 4 is 69.8 Å². The summed E-state index contributed by atoms with van der Waals surface area (Å²) in [4.78, 5) is 92.5. The molecule has 0 radical (unpaired) electrons. The smallest absolute Gasteiger partial charge is 0.262 e. The van der Waals surface area contributed by atoms with Crippen molar-refractivity contribution < 1.29 is 28.8 Å². The Hall–Kier alpha value is -5.78. The third-order valence-corrected chi connectivity index (χ3v) is 13.7. The van der Waals surface area contributed by atoms with E-state index in [1.165, 1.54) is 0 Å². The van der Waals surface area contributed by atoms with Gasteiger partial charge in [0.1, 0.15) is 6.04 Å². The molecule has 6 amide bonds. The fourth-order valence-corrected chi connectivity index (χ4v) is 10.1.